The average Bonchev–Trinajstić information content (AvgIpc) is 2.39. The molecule has 0 aromatic heterocycles. The Bertz CT molecular complexity index is 477. The van der Waals surface area contributed by atoms with Crippen molar-refractivity contribution in [1.29, 1.82) is 0 Å². The molecular formula is C14H15BrN2. The molecule has 0 unspecified atom stereocenters. The molecule has 0 saturated carbocycles. The zero-order chi connectivity index (χ0) is 12.3. The molecule has 3 heteroatoms. The Hall–Kier alpha value is -1.32. The van der Waals surface area contributed by atoms with Gasteiger partial charge < -0.3 is 10.6 Å². The first-order chi connectivity index (χ1) is 8.20. The van der Waals surface area contributed by atoms with E-state index in [-0.39, 0.29) is 0 Å². The summed E-state index contributed by atoms with van der Waals surface area (Å²) in [5, 5.41) is 0. The van der Waals surface area contributed by atoms with Gasteiger partial charge in [-0.3, -0.25) is 0 Å². The third kappa shape index (κ3) is 2.87. The molecule has 0 heterocycles. The van der Waals surface area contributed by atoms with Gasteiger partial charge in [0.1, 0.15) is 0 Å². The van der Waals surface area contributed by atoms with Crippen LogP contribution < -0.4 is 10.6 Å². The summed E-state index contributed by atoms with van der Waals surface area (Å²) in [6.07, 6.45) is 0. The predicted molar refractivity (Wildman–Crippen MR) is 76.5 cm³/mol. The highest BCUT2D eigenvalue weighted by Gasteiger charge is 2.03. The highest BCUT2D eigenvalue weighted by atomic mass is 79.9. The van der Waals surface area contributed by atoms with Crippen LogP contribution >= 0.6 is 15.9 Å². The van der Waals surface area contributed by atoms with Crippen molar-refractivity contribution in [3.05, 3.63) is 58.6 Å². The molecule has 2 N–H and O–H groups in total. The molecule has 88 valence electrons. The van der Waals surface area contributed by atoms with Crippen LogP contribution in [0.25, 0.3) is 0 Å². The summed E-state index contributed by atoms with van der Waals surface area (Å²) in [6, 6.07) is 16.5. The van der Waals surface area contributed by atoms with Gasteiger partial charge >= 0.3 is 0 Å². The lowest BCUT2D eigenvalue weighted by Crippen LogP contribution is -2.09. The molecule has 0 saturated heterocycles. The van der Waals surface area contributed by atoms with E-state index in [0.29, 0.717) is 6.54 Å². The van der Waals surface area contributed by atoms with Crippen molar-refractivity contribution in [3.63, 3.8) is 0 Å². The van der Waals surface area contributed by atoms with Crippen molar-refractivity contribution in [3.8, 4) is 0 Å². The van der Waals surface area contributed by atoms with E-state index in [1.165, 1.54) is 0 Å². The van der Waals surface area contributed by atoms with E-state index >= 15 is 0 Å². The zero-order valence-electron chi connectivity index (χ0n) is 9.73. The normalized spacial score (nSPS) is 10.3. The van der Waals surface area contributed by atoms with Crippen LogP contribution in [0.1, 0.15) is 5.56 Å². The molecule has 0 radical (unpaired) electrons. The first-order valence-corrected chi connectivity index (χ1v) is 6.28. The molecule has 2 aromatic carbocycles. The molecule has 0 amide bonds. The fourth-order valence-corrected chi connectivity index (χ4v) is 1.93. The van der Waals surface area contributed by atoms with Crippen LogP contribution in [0, 0.1) is 0 Å². The third-order valence-electron chi connectivity index (χ3n) is 2.77. The Kier molecular flexibility index (Phi) is 3.82. The van der Waals surface area contributed by atoms with Crippen molar-refractivity contribution in [1.82, 2.24) is 0 Å². The number of rotatable bonds is 3. The number of hydrogen-bond acceptors (Lipinski definition) is 2. The van der Waals surface area contributed by atoms with E-state index in [9.17, 15) is 0 Å². The number of halogens is 1. The first-order valence-electron chi connectivity index (χ1n) is 5.49. The molecule has 2 nitrogen and oxygen atoms in total. The molecule has 0 bridgehead atoms. The Labute approximate surface area is 110 Å². The van der Waals surface area contributed by atoms with Gasteiger partial charge in [-0.25, -0.2) is 0 Å². The standard InChI is InChI=1S/C14H15BrN2/c1-17(14-8-4-12(15)5-9-14)13-6-2-11(10-16)3-7-13/h2-9H,10,16H2,1H3. The lowest BCUT2D eigenvalue weighted by atomic mass is 10.2. The number of nitrogens with zero attached hydrogens (tertiary/aromatic N) is 1. The summed E-state index contributed by atoms with van der Waals surface area (Å²) in [4.78, 5) is 2.15. The van der Waals surface area contributed by atoms with E-state index in [2.05, 4.69) is 64.3 Å². The maximum Gasteiger partial charge on any atom is 0.0408 e. The lowest BCUT2D eigenvalue weighted by Gasteiger charge is -2.19. The number of anilines is 2. The maximum atomic E-state index is 5.58. The molecule has 0 aliphatic heterocycles. The summed E-state index contributed by atoms with van der Waals surface area (Å²) in [7, 11) is 2.06. The summed E-state index contributed by atoms with van der Waals surface area (Å²) in [5.74, 6) is 0. The second-order valence-electron chi connectivity index (χ2n) is 3.91. The van der Waals surface area contributed by atoms with Gasteiger partial charge in [0.2, 0.25) is 0 Å². The molecule has 17 heavy (non-hydrogen) atoms. The van der Waals surface area contributed by atoms with Crippen molar-refractivity contribution in [2.45, 2.75) is 6.54 Å². The number of nitrogens with two attached hydrogens (primary N) is 1. The Morgan fingerprint density at radius 1 is 0.941 bits per heavy atom. The monoisotopic (exact) mass is 290 g/mol. The molecule has 0 fully saturated rings. The van der Waals surface area contributed by atoms with E-state index in [1.807, 2.05) is 12.1 Å². The SMILES string of the molecule is CN(c1ccc(Br)cc1)c1ccc(CN)cc1. The van der Waals surface area contributed by atoms with Crippen molar-refractivity contribution in [2.24, 2.45) is 5.73 Å². The third-order valence-corrected chi connectivity index (χ3v) is 3.30. The number of benzene rings is 2. The van der Waals surface area contributed by atoms with Crippen molar-refractivity contribution < 1.29 is 0 Å². The minimum Gasteiger partial charge on any atom is -0.345 e. The molecule has 2 rings (SSSR count). The van der Waals surface area contributed by atoms with Gasteiger partial charge in [-0.1, -0.05) is 28.1 Å². The molecule has 0 atom stereocenters. The second-order valence-corrected chi connectivity index (χ2v) is 4.82. The van der Waals surface area contributed by atoms with Gasteiger partial charge in [0, 0.05) is 29.4 Å². The fraction of sp³-hybridized carbons (Fsp3) is 0.143. The molecule has 0 spiro atoms. The molecule has 2 aromatic rings. The minimum absolute atomic E-state index is 0.586. The van der Waals surface area contributed by atoms with Gasteiger partial charge in [0.15, 0.2) is 0 Å². The highest BCUT2D eigenvalue weighted by molar-refractivity contribution is 9.10. The molecule has 0 aliphatic rings. The van der Waals surface area contributed by atoms with Gasteiger partial charge in [0.25, 0.3) is 0 Å². The highest BCUT2D eigenvalue weighted by Crippen LogP contribution is 2.25. The van der Waals surface area contributed by atoms with E-state index in [1.54, 1.807) is 0 Å². The summed E-state index contributed by atoms with van der Waals surface area (Å²) in [6.45, 7) is 0.586. The Morgan fingerprint density at radius 3 is 1.88 bits per heavy atom. The second kappa shape index (κ2) is 5.34. The van der Waals surface area contributed by atoms with Crippen LogP contribution in [0.2, 0.25) is 0 Å². The first kappa shape index (κ1) is 12.1. The summed E-state index contributed by atoms with van der Waals surface area (Å²) < 4.78 is 1.09. The van der Waals surface area contributed by atoms with E-state index in [0.717, 1.165) is 21.4 Å². The van der Waals surface area contributed by atoms with Gasteiger partial charge in [-0.05, 0) is 42.0 Å². The summed E-state index contributed by atoms with van der Waals surface area (Å²) >= 11 is 3.44. The maximum absolute atomic E-state index is 5.58. The Balaban J connectivity index is 2.23. The van der Waals surface area contributed by atoms with Gasteiger partial charge in [-0.15, -0.1) is 0 Å². The predicted octanol–water partition coefficient (Wildman–Crippen LogP) is 3.68. The van der Waals surface area contributed by atoms with Crippen LogP contribution in [0.15, 0.2) is 53.0 Å². The van der Waals surface area contributed by atoms with E-state index in [4.69, 9.17) is 5.73 Å². The minimum atomic E-state index is 0.586. The van der Waals surface area contributed by atoms with Gasteiger partial charge in [0.05, 0.1) is 0 Å². The largest absolute Gasteiger partial charge is 0.345 e. The van der Waals surface area contributed by atoms with Gasteiger partial charge in [-0.2, -0.15) is 0 Å². The average molecular weight is 291 g/mol. The van der Waals surface area contributed by atoms with Crippen LogP contribution in [0.5, 0.6) is 0 Å². The van der Waals surface area contributed by atoms with Crippen molar-refractivity contribution >= 4 is 27.3 Å². The molecular weight excluding hydrogens is 276 g/mol. The Morgan fingerprint density at radius 2 is 1.41 bits per heavy atom. The van der Waals surface area contributed by atoms with Crippen LogP contribution in [-0.2, 0) is 6.54 Å². The molecule has 0 aliphatic carbocycles. The number of hydrogen-bond donors (Lipinski definition) is 1. The summed E-state index contributed by atoms with van der Waals surface area (Å²) in [5.41, 5.74) is 9.05. The smallest absolute Gasteiger partial charge is 0.0408 e. The van der Waals surface area contributed by atoms with Crippen LogP contribution in [0.4, 0.5) is 11.4 Å². The van der Waals surface area contributed by atoms with E-state index < -0.39 is 0 Å². The van der Waals surface area contributed by atoms with Crippen LogP contribution in [-0.4, -0.2) is 7.05 Å². The fourth-order valence-electron chi connectivity index (χ4n) is 1.67. The van der Waals surface area contributed by atoms with Crippen molar-refractivity contribution in [2.75, 3.05) is 11.9 Å². The van der Waals surface area contributed by atoms with Crippen LogP contribution in [0.3, 0.4) is 0 Å². The zero-order valence-corrected chi connectivity index (χ0v) is 11.3. The topological polar surface area (TPSA) is 29.3 Å². The quantitative estimate of drug-likeness (QED) is 0.934. The lowest BCUT2D eigenvalue weighted by molar-refractivity contribution is 1.07.